The topological polar surface area (TPSA) is 76.4 Å². The van der Waals surface area contributed by atoms with Crippen LogP contribution in [-0.2, 0) is 16.6 Å². The average molecular weight is 223 g/mol. The molecule has 0 saturated carbocycles. The highest BCUT2D eigenvalue weighted by molar-refractivity contribution is 6.07. The molecule has 0 spiro atoms. The summed E-state index contributed by atoms with van der Waals surface area (Å²) in [4.78, 5) is 33.1. The van der Waals surface area contributed by atoms with Crippen molar-refractivity contribution in [1.82, 2.24) is 4.57 Å². The Labute approximate surface area is 92.7 Å². The number of carboxylic acids is 1. The van der Waals surface area contributed by atoms with Crippen molar-refractivity contribution in [2.45, 2.75) is 19.3 Å². The van der Waals surface area contributed by atoms with Gasteiger partial charge in [-0.05, 0) is 12.1 Å². The van der Waals surface area contributed by atoms with Crippen LogP contribution < -0.4 is 0 Å². The molecule has 0 bridgehead atoms. The molecule has 0 amide bonds. The Hall–Kier alpha value is -1.91. The molecule has 0 radical (unpaired) electrons. The lowest BCUT2D eigenvalue weighted by Gasteiger charge is -2.01. The number of carboxylic acid groups (broad SMARTS) is 1. The molecule has 1 rings (SSSR count). The first-order valence-corrected chi connectivity index (χ1v) is 4.88. The minimum atomic E-state index is -1.03. The van der Waals surface area contributed by atoms with Crippen molar-refractivity contribution in [1.29, 1.82) is 0 Å². The zero-order valence-corrected chi connectivity index (χ0v) is 8.97. The van der Waals surface area contributed by atoms with E-state index >= 15 is 0 Å². The number of aromatic nitrogens is 1. The van der Waals surface area contributed by atoms with Gasteiger partial charge >= 0.3 is 5.97 Å². The first-order chi connectivity index (χ1) is 7.50. The summed E-state index contributed by atoms with van der Waals surface area (Å²) in [5.74, 6) is -1.64. The largest absolute Gasteiger partial charge is 0.481 e. The van der Waals surface area contributed by atoms with Crippen molar-refractivity contribution in [3.8, 4) is 0 Å². The van der Waals surface area contributed by atoms with Crippen LogP contribution in [0.2, 0.25) is 0 Å². The van der Waals surface area contributed by atoms with Gasteiger partial charge in [0, 0.05) is 19.7 Å². The quantitative estimate of drug-likeness (QED) is 0.577. The Balaban J connectivity index is 2.49. The number of Topliss-reactive ketones (excluding diaryl/α,β-unsaturated/α-hetero) is 2. The smallest absolute Gasteiger partial charge is 0.303 e. The predicted octanol–water partition coefficient (Wildman–Crippen LogP) is 1.03. The molecular weight excluding hydrogens is 210 g/mol. The second-order valence-electron chi connectivity index (χ2n) is 3.54. The van der Waals surface area contributed by atoms with Gasteiger partial charge in [0.05, 0.1) is 18.5 Å². The normalized spacial score (nSPS) is 10.1. The lowest BCUT2D eigenvalue weighted by Crippen LogP contribution is -2.12. The fraction of sp³-hybridized carbons (Fsp3) is 0.364. The molecule has 0 unspecified atom stereocenters. The summed E-state index contributed by atoms with van der Waals surface area (Å²) in [6.45, 7) is 0. The van der Waals surface area contributed by atoms with E-state index in [0.717, 1.165) is 0 Å². The van der Waals surface area contributed by atoms with E-state index < -0.39 is 5.97 Å². The van der Waals surface area contributed by atoms with Crippen LogP contribution in [0.4, 0.5) is 0 Å². The van der Waals surface area contributed by atoms with Gasteiger partial charge in [-0.25, -0.2) is 0 Å². The number of aliphatic carboxylic acids is 1. The van der Waals surface area contributed by atoms with Crippen LogP contribution in [0.5, 0.6) is 0 Å². The standard InChI is InChI=1S/C11H13NO4/c1-12-6-2-3-9(12)10(14)7-8(13)4-5-11(15)16/h2-3,6H,4-5,7H2,1H3,(H,15,16). The number of carbonyl (C=O) groups is 3. The number of hydrogen-bond donors (Lipinski definition) is 1. The first-order valence-electron chi connectivity index (χ1n) is 4.88. The number of nitrogens with zero attached hydrogens (tertiary/aromatic N) is 1. The fourth-order valence-corrected chi connectivity index (χ4v) is 1.36. The second kappa shape index (κ2) is 5.25. The molecule has 0 aliphatic carbocycles. The third-order valence-corrected chi connectivity index (χ3v) is 2.20. The molecular formula is C11H13NO4. The Kier molecular flexibility index (Phi) is 3.99. The monoisotopic (exact) mass is 223 g/mol. The third kappa shape index (κ3) is 3.34. The van der Waals surface area contributed by atoms with Crippen LogP contribution >= 0.6 is 0 Å². The molecule has 86 valence electrons. The number of aryl methyl sites for hydroxylation is 1. The molecule has 0 aliphatic rings. The first kappa shape index (κ1) is 12.2. The lowest BCUT2D eigenvalue weighted by atomic mass is 10.1. The molecule has 1 N–H and O–H groups in total. The Morgan fingerprint density at radius 3 is 2.50 bits per heavy atom. The maximum Gasteiger partial charge on any atom is 0.303 e. The van der Waals surface area contributed by atoms with Crippen LogP contribution in [0.1, 0.15) is 29.8 Å². The maximum absolute atomic E-state index is 11.6. The minimum Gasteiger partial charge on any atom is -0.481 e. The van der Waals surface area contributed by atoms with Crippen molar-refractivity contribution in [2.75, 3.05) is 0 Å². The third-order valence-electron chi connectivity index (χ3n) is 2.20. The SMILES string of the molecule is Cn1cccc1C(=O)CC(=O)CCC(=O)O. The van der Waals surface area contributed by atoms with Gasteiger partial charge in [-0.1, -0.05) is 0 Å². The van der Waals surface area contributed by atoms with Gasteiger partial charge < -0.3 is 9.67 Å². The summed E-state index contributed by atoms with van der Waals surface area (Å²) in [5.41, 5.74) is 0.462. The summed E-state index contributed by atoms with van der Waals surface area (Å²) >= 11 is 0. The summed E-state index contributed by atoms with van der Waals surface area (Å²) in [5, 5.41) is 8.38. The van der Waals surface area contributed by atoms with E-state index in [1.807, 2.05) is 0 Å². The number of carbonyl (C=O) groups excluding carboxylic acids is 2. The van der Waals surface area contributed by atoms with Gasteiger partial charge in [0.15, 0.2) is 5.78 Å². The molecule has 1 aromatic heterocycles. The minimum absolute atomic E-state index is 0.0918. The van der Waals surface area contributed by atoms with E-state index in [4.69, 9.17) is 5.11 Å². The molecule has 0 aromatic carbocycles. The van der Waals surface area contributed by atoms with Crippen molar-refractivity contribution in [3.05, 3.63) is 24.0 Å². The highest BCUT2D eigenvalue weighted by atomic mass is 16.4. The average Bonchev–Trinajstić information content (AvgIpc) is 2.61. The molecule has 0 atom stereocenters. The van der Waals surface area contributed by atoms with Crippen LogP contribution in [0.3, 0.4) is 0 Å². The molecule has 0 aliphatic heterocycles. The highest BCUT2D eigenvalue weighted by Crippen LogP contribution is 2.06. The van der Waals surface area contributed by atoms with Crippen molar-refractivity contribution >= 4 is 17.5 Å². The van der Waals surface area contributed by atoms with Crippen LogP contribution in [-0.4, -0.2) is 27.2 Å². The van der Waals surface area contributed by atoms with Crippen LogP contribution in [0, 0.1) is 0 Å². The zero-order valence-electron chi connectivity index (χ0n) is 8.97. The van der Waals surface area contributed by atoms with Crippen molar-refractivity contribution < 1.29 is 19.5 Å². The fourth-order valence-electron chi connectivity index (χ4n) is 1.36. The number of ketones is 2. The maximum atomic E-state index is 11.6. The van der Waals surface area contributed by atoms with E-state index in [2.05, 4.69) is 0 Å². The summed E-state index contributed by atoms with van der Waals surface area (Å²) in [6.07, 6.45) is 1.17. The van der Waals surface area contributed by atoms with Gasteiger partial charge in [0.1, 0.15) is 5.78 Å². The molecule has 16 heavy (non-hydrogen) atoms. The molecule has 1 aromatic rings. The van der Waals surface area contributed by atoms with E-state index in [1.165, 1.54) is 0 Å². The van der Waals surface area contributed by atoms with Gasteiger partial charge in [-0.15, -0.1) is 0 Å². The summed E-state index contributed by atoms with van der Waals surface area (Å²) in [6, 6.07) is 3.35. The molecule has 5 nitrogen and oxygen atoms in total. The van der Waals surface area contributed by atoms with E-state index in [-0.39, 0.29) is 30.8 Å². The molecule has 5 heteroatoms. The summed E-state index contributed by atoms with van der Waals surface area (Å²) in [7, 11) is 1.72. The van der Waals surface area contributed by atoms with E-state index in [1.54, 1.807) is 29.9 Å². The van der Waals surface area contributed by atoms with Crippen LogP contribution in [0.25, 0.3) is 0 Å². The van der Waals surface area contributed by atoms with E-state index in [0.29, 0.717) is 5.69 Å². The Morgan fingerprint density at radius 2 is 2.00 bits per heavy atom. The lowest BCUT2D eigenvalue weighted by molar-refractivity contribution is -0.138. The van der Waals surface area contributed by atoms with Gasteiger partial charge in [0.2, 0.25) is 0 Å². The van der Waals surface area contributed by atoms with E-state index in [9.17, 15) is 14.4 Å². The second-order valence-corrected chi connectivity index (χ2v) is 3.54. The predicted molar refractivity (Wildman–Crippen MR) is 56.2 cm³/mol. The van der Waals surface area contributed by atoms with Crippen molar-refractivity contribution in [3.63, 3.8) is 0 Å². The van der Waals surface area contributed by atoms with Crippen molar-refractivity contribution in [2.24, 2.45) is 7.05 Å². The van der Waals surface area contributed by atoms with Crippen LogP contribution in [0.15, 0.2) is 18.3 Å². The van der Waals surface area contributed by atoms with Gasteiger partial charge in [-0.3, -0.25) is 14.4 Å². The summed E-state index contributed by atoms with van der Waals surface area (Å²) < 4.78 is 1.63. The Morgan fingerprint density at radius 1 is 1.31 bits per heavy atom. The number of rotatable bonds is 6. The van der Waals surface area contributed by atoms with Gasteiger partial charge in [0.25, 0.3) is 0 Å². The zero-order chi connectivity index (χ0) is 12.1. The number of hydrogen-bond acceptors (Lipinski definition) is 3. The molecule has 1 heterocycles. The highest BCUT2D eigenvalue weighted by Gasteiger charge is 2.14. The van der Waals surface area contributed by atoms with Gasteiger partial charge in [-0.2, -0.15) is 0 Å². The molecule has 0 fully saturated rings. The molecule has 0 saturated heterocycles. The Bertz CT molecular complexity index is 419.